The van der Waals surface area contributed by atoms with Crippen molar-refractivity contribution < 1.29 is 17.2 Å². The summed E-state index contributed by atoms with van der Waals surface area (Å²) in [5.41, 5.74) is -1.11. The third kappa shape index (κ3) is 2.45. The van der Waals surface area contributed by atoms with Gasteiger partial charge in [-0.25, -0.2) is 27.3 Å². The Morgan fingerprint density at radius 1 is 1.53 bits per heavy atom. The number of pyridine rings is 1. The second-order valence-corrected chi connectivity index (χ2v) is 4.09. The molecule has 0 unspecified atom stereocenters. The molecule has 1 aromatic heterocycles. The lowest BCUT2D eigenvalue weighted by Gasteiger charge is -2.05. The molecule has 15 heavy (non-hydrogen) atoms. The molecule has 0 saturated heterocycles. The highest BCUT2D eigenvalue weighted by Gasteiger charge is 2.21. The molecule has 2 N–H and O–H groups in total. The third-order valence-corrected chi connectivity index (χ3v) is 2.51. The van der Waals surface area contributed by atoms with Crippen LogP contribution < -0.4 is 5.14 Å². The molecule has 0 aromatic carbocycles. The van der Waals surface area contributed by atoms with E-state index in [9.17, 15) is 17.2 Å². The van der Waals surface area contributed by atoms with Crippen molar-refractivity contribution in [3.8, 4) is 6.07 Å². The van der Waals surface area contributed by atoms with Gasteiger partial charge < -0.3 is 0 Å². The van der Waals surface area contributed by atoms with Crippen LogP contribution in [0.15, 0.2) is 17.2 Å². The predicted molar refractivity (Wildman–Crippen MR) is 45.3 cm³/mol. The topological polar surface area (TPSA) is 96.8 Å². The summed E-state index contributed by atoms with van der Waals surface area (Å²) in [6, 6.07) is 2.22. The first-order valence-corrected chi connectivity index (χ1v) is 5.12. The minimum atomic E-state index is -4.26. The van der Waals surface area contributed by atoms with Crippen molar-refractivity contribution in [3.05, 3.63) is 23.5 Å². The van der Waals surface area contributed by atoms with E-state index in [1.54, 1.807) is 0 Å². The average Bonchev–Trinajstić information content (AvgIpc) is 2.15. The molecule has 0 saturated carbocycles. The van der Waals surface area contributed by atoms with Gasteiger partial charge >= 0.3 is 0 Å². The van der Waals surface area contributed by atoms with Gasteiger partial charge in [0, 0.05) is 11.8 Å². The molecule has 0 atom stereocenters. The summed E-state index contributed by atoms with van der Waals surface area (Å²) >= 11 is 0. The van der Waals surface area contributed by atoms with E-state index in [1.165, 1.54) is 6.07 Å². The standard InChI is InChI=1S/C7H5F2N3O2S/c8-7(9)5-1-4(2-10)12-3-6(5)15(11,13)14/h1,3,7H,(H2,11,13,14). The van der Waals surface area contributed by atoms with Crippen molar-refractivity contribution in [2.75, 3.05) is 0 Å². The van der Waals surface area contributed by atoms with Crippen molar-refractivity contribution in [2.45, 2.75) is 11.3 Å². The lowest BCUT2D eigenvalue weighted by molar-refractivity contribution is 0.147. The maximum atomic E-state index is 12.4. The van der Waals surface area contributed by atoms with Gasteiger partial charge in [-0.1, -0.05) is 0 Å². The Morgan fingerprint density at radius 3 is 2.53 bits per heavy atom. The summed E-state index contributed by atoms with van der Waals surface area (Å²) in [5, 5.41) is 13.1. The number of halogens is 2. The maximum absolute atomic E-state index is 12.4. The quantitative estimate of drug-likeness (QED) is 0.805. The van der Waals surface area contributed by atoms with Gasteiger partial charge in [0.1, 0.15) is 16.7 Å². The van der Waals surface area contributed by atoms with Crippen molar-refractivity contribution in [3.63, 3.8) is 0 Å². The molecule has 0 spiro atoms. The average molecular weight is 233 g/mol. The summed E-state index contributed by atoms with van der Waals surface area (Å²) in [6.45, 7) is 0. The normalized spacial score (nSPS) is 11.4. The molecule has 0 aliphatic carbocycles. The fourth-order valence-corrected chi connectivity index (χ4v) is 1.60. The largest absolute Gasteiger partial charge is 0.265 e. The van der Waals surface area contributed by atoms with Crippen LogP contribution in [-0.2, 0) is 10.0 Å². The van der Waals surface area contributed by atoms with Crippen LogP contribution in [0, 0.1) is 11.3 Å². The van der Waals surface area contributed by atoms with Gasteiger partial charge in [0.2, 0.25) is 10.0 Å². The number of alkyl halides is 2. The summed E-state index contributed by atoms with van der Waals surface area (Å²) in [6.07, 6.45) is -2.39. The van der Waals surface area contributed by atoms with Crippen LogP contribution in [-0.4, -0.2) is 13.4 Å². The monoisotopic (exact) mass is 233 g/mol. The van der Waals surface area contributed by atoms with Crippen LogP contribution in [0.5, 0.6) is 0 Å². The number of aromatic nitrogens is 1. The molecule has 1 heterocycles. The number of hydrogen-bond acceptors (Lipinski definition) is 4. The Labute approximate surface area is 84.2 Å². The molecule has 0 amide bonds. The van der Waals surface area contributed by atoms with E-state index in [2.05, 4.69) is 4.98 Å². The fourth-order valence-electron chi connectivity index (χ4n) is 0.928. The zero-order valence-electron chi connectivity index (χ0n) is 7.18. The Balaban J connectivity index is 3.50. The molecular formula is C7H5F2N3O2S. The number of sulfonamides is 1. The summed E-state index contributed by atoms with van der Waals surface area (Å²) < 4.78 is 46.6. The smallest absolute Gasteiger partial charge is 0.244 e. The molecule has 5 nitrogen and oxygen atoms in total. The molecule has 0 aliphatic rings. The minimum absolute atomic E-state index is 0.294. The lowest BCUT2D eigenvalue weighted by Crippen LogP contribution is -2.15. The molecule has 0 radical (unpaired) electrons. The van der Waals surface area contributed by atoms with Gasteiger partial charge in [-0.2, -0.15) is 5.26 Å². The lowest BCUT2D eigenvalue weighted by atomic mass is 10.2. The van der Waals surface area contributed by atoms with Crippen LogP contribution in [0.2, 0.25) is 0 Å². The number of primary sulfonamides is 1. The molecule has 8 heteroatoms. The van der Waals surface area contributed by atoms with Crippen molar-refractivity contribution in [1.29, 1.82) is 5.26 Å². The highest BCUT2D eigenvalue weighted by molar-refractivity contribution is 7.89. The van der Waals surface area contributed by atoms with E-state index >= 15 is 0 Å². The number of nitrogens with two attached hydrogens (primary N) is 1. The molecule has 1 rings (SSSR count). The van der Waals surface area contributed by atoms with E-state index in [1.807, 2.05) is 0 Å². The highest BCUT2D eigenvalue weighted by atomic mass is 32.2. The summed E-state index contributed by atoms with van der Waals surface area (Å²) in [7, 11) is -4.26. The van der Waals surface area contributed by atoms with E-state index in [-0.39, 0.29) is 5.69 Å². The maximum Gasteiger partial charge on any atom is 0.265 e. The second kappa shape index (κ2) is 3.88. The van der Waals surface area contributed by atoms with Gasteiger partial charge in [0.05, 0.1) is 0 Å². The van der Waals surface area contributed by atoms with E-state index in [4.69, 9.17) is 10.4 Å². The Kier molecular flexibility index (Phi) is 2.97. The Morgan fingerprint density at radius 2 is 2.13 bits per heavy atom. The van der Waals surface area contributed by atoms with Gasteiger partial charge in [-0.05, 0) is 6.07 Å². The molecular weight excluding hydrogens is 228 g/mol. The van der Waals surface area contributed by atoms with Crippen molar-refractivity contribution >= 4 is 10.0 Å². The van der Waals surface area contributed by atoms with Crippen molar-refractivity contribution in [2.24, 2.45) is 5.14 Å². The zero-order chi connectivity index (χ0) is 11.6. The molecule has 0 aliphatic heterocycles. The van der Waals surface area contributed by atoms with E-state index < -0.39 is 26.9 Å². The molecule has 80 valence electrons. The number of nitriles is 1. The van der Waals surface area contributed by atoms with E-state index in [0.29, 0.717) is 12.3 Å². The van der Waals surface area contributed by atoms with E-state index in [0.717, 1.165) is 0 Å². The van der Waals surface area contributed by atoms with Crippen LogP contribution in [0.3, 0.4) is 0 Å². The highest BCUT2D eigenvalue weighted by Crippen LogP contribution is 2.25. The van der Waals surface area contributed by atoms with Gasteiger partial charge in [0.15, 0.2) is 0 Å². The third-order valence-electron chi connectivity index (χ3n) is 1.55. The summed E-state index contributed by atoms with van der Waals surface area (Å²) in [4.78, 5) is 2.59. The van der Waals surface area contributed by atoms with Crippen LogP contribution in [0.4, 0.5) is 8.78 Å². The number of rotatable bonds is 2. The first kappa shape index (κ1) is 11.5. The fraction of sp³-hybridized carbons (Fsp3) is 0.143. The Bertz CT molecular complexity index is 522. The van der Waals surface area contributed by atoms with Gasteiger partial charge in [-0.3, -0.25) is 0 Å². The van der Waals surface area contributed by atoms with Crippen LogP contribution >= 0.6 is 0 Å². The Hall–Kier alpha value is -1.59. The SMILES string of the molecule is N#Cc1cc(C(F)F)c(S(N)(=O)=O)cn1. The first-order valence-electron chi connectivity index (χ1n) is 3.57. The van der Waals surface area contributed by atoms with Gasteiger partial charge in [0.25, 0.3) is 6.43 Å². The molecule has 1 aromatic rings. The summed E-state index contributed by atoms with van der Waals surface area (Å²) in [5.74, 6) is 0. The molecule has 0 bridgehead atoms. The zero-order valence-corrected chi connectivity index (χ0v) is 8.00. The van der Waals surface area contributed by atoms with Gasteiger partial charge in [-0.15, -0.1) is 0 Å². The predicted octanol–water partition coefficient (Wildman–Crippen LogP) is 0.538. The number of hydrogen-bond donors (Lipinski definition) is 1. The number of nitrogens with zero attached hydrogens (tertiary/aromatic N) is 2. The van der Waals surface area contributed by atoms with Crippen molar-refractivity contribution in [1.82, 2.24) is 4.98 Å². The minimum Gasteiger partial charge on any atom is -0.244 e. The second-order valence-electron chi connectivity index (χ2n) is 2.56. The molecule has 0 fully saturated rings. The van der Waals surface area contributed by atoms with Crippen LogP contribution in [0.1, 0.15) is 17.7 Å². The first-order chi connectivity index (χ1) is 6.86. The van der Waals surface area contributed by atoms with Crippen LogP contribution in [0.25, 0.3) is 0 Å².